The second kappa shape index (κ2) is 6.50. The van der Waals surface area contributed by atoms with Crippen molar-refractivity contribution in [3.63, 3.8) is 0 Å². The van der Waals surface area contributed by atoms with Crippen LogP contribution in [0, 0.1) is 0 Å². The normalized spacial score (nSPS) is 14.8. The molecule has 4 heteroatoms. The zero-order valence-electron chi connectivity index (χ0n) is 11.9. The summed E-state index contributed by atoms with van der Waals surface area (Å²) in [6.07, 6.45) is 0.899. The topological polar surface area (TPSA) is 30.5 Å². The number of fused-ring (bicyclic) bond motifs is 1. The number of rotatable bonds is 4. The van der Waals surface area contributed by atoms with Crippen LogP contribution in [0.25, 0.3) is 0 Å². The van der Waals surface area contributed by atoms with Crippen LogP contribution < -0.4 is 14.8 Å². The zero-order chi connectivity index (χ0) is 14.7. The fourth-order valence-corrected chi connectivity index (χ4v) is 3.08. The second-order valence-electron chi connectivity index (χ2n) is 5.05. The Balaban J connectivity index is 1.90. The summed E-state index contributed by atoms with van der Waals surface area (Å²) in [7, 11) is 1.98. The van der Waals surface area contributed by atoms with Gasteiger partial charge in [0.1, 0.15) is 13.2 Å². The molecule has 110 valence electrons. The Labute approximate surface area is 133 Å². The van der Waals surface area contributed by atoms with Crippen molar-refractivity contribution in [2.45, 2.75) is 12.5 Å². The second-order valence-corrected chi connectivity index (χ2v) is 5.96. The fraction of sp³-hybridized carbons (Fsp3) is 0.294. The van der Waals surface area contributed by atoms with Crippen LogP contribution in [0.15, 0.2) is 46.9 Å². The molecule has 2 aromatic rings. The maximum Gasteiger partial charge on any atom is 0.166 e. The van der Waals surface area contributed by atoms with Crippen LogP contribution in [0.3, 0.4) is 0 Å². The average Bonchev–Trinajstić information content (AvgIpc) is 2.52. The van der Waals surface area contributed by atoms with Crippen molar-refractivity contribution < 1.29 is 9.47 Å². The van der Waals surface area contributed by atoms with E-state index in [2.05, 4.69) is 45.5 Å². The van der Waals surface area contributed by atoms with Crippen molar-refractivity contribution in [1.29, 1.82) is 0 Å². The minimum Gasteiger partial charge on any atom is -0.486 e. The third-order valence-corrected chi connectivity index (χ3v) is 4.14. The van der Waals surface area contributed by atoms with Gasteiger partial charge in [-0.15, -0.1) is 0 Å². The van der Waals surface area contributed by atoms with E-state index >= 15 is 0 Å². The lowest BCUT2D eigenvalue weighted by Gasteiger charge is -2.25. The number of hydrogen-bond acceptors (Lipinski definition) is 3. The van der Waals surface area contributed by atoms with Gasteiger partial charge in [0.05, 0.1) is 0 Å². The van der Waals surface area contributed by atoms with Crippen LogP contribution >= 0.6 is 15.9 Å². The van der Waals surface area contributed by atoms with Gasteiger partial charge < -0.3 is 14.8 Å². The van der Waals surface area contributed by atoms with Crippen LogP contribution in [0.5, 0.6) is 11.5 Å². The molecular formula is C17H18BrNO2. The van der Waals surface area contributed by atoms with E-state index < -0.39 is 0 Å². The van der Waals surface area contributed by atoms with E-state index in [0.29, 0.717) is 13.2 Å². The minimum absolute atomic E-state index is 0.191. The van der Waals surface area contributed by atoms with Gasteiger partial charge in [0.15, 0.2) is 11.5 Å². The number of benzene rings is 2. The summed E-state index contributed by atoms with van der Waals surface area (Å²) in [6, 6.07) is 14.7. The number of likely N-dealkylation sites (N-methyl/N-ethyl adjacent to an activating group) is 1. The summed E-state index contributed by atoms with van der Waals surface area (Å²) in [5.74, 6) is 1.71. The molecule has 0 amide bonds. The van der Waals surface area contributed by atoms with Gasteiger partial charge in [-0.05, 0) is 37.2 Å². The third-order valence-electron chi connectivity index (χ3n) is 3.65. The molecule has 0 aromatic heterocycles. The molecule has 0 bridgehead atoms. The van der Waals surface area contributed by atoms with Gasteiger partial charge in [-0.1, -0.05) is 40.2 Å². The molecule has 3 nitrogen and oxygen atoms in total. The minimum atomic E-state index is 0.191. The number of hydrogen-bond donors (Lipinski definition) is 1. The molecule has 0 saturated carbocycles. The Morgan fingerprint density at radius 2 is 1.95 bits per heavy atom. The van der Waals surface area contributed by atoms with Crippen molar-refractivity contribution in [2.24, 2.45) is 0 Å². The van der Waals surface area contributed by atoms with Crippen molar-refractivity contribution >= 4 is 15.9 Å². The van der Waals surface area contributed by atoms with E-state index in [1.807, 2.05) is 25.2 Å². The summed E-state index contributed by atoms with van der Waals surface area (Å²) in [5, 5.41) is 3.39. The molecule has 0 saturated heterocycles. The van der Waals surface area contributed by atoms with E-state index in [1.54, 1.807) is 0 Å². The molecule has 1 heterocycles. The van der Waals surface area contributed by atoms with E-state index in [-0.39, 0.29) is 6.04 Å². The molecule has 1 aliphatic heterocycles. The molecule has 1 unspecified atom stereocenters. The fourth-order valence-electron chi connectivity index (χ4n) is 2.64. The molecule has 2 aromatic carbocycles. The van der Waals surface area contributed by atoms with Gasteiger partial charge in [0, 0.05) is 16.1 Å². The lowest BCUT2D eigenvalue weighted by atomic mass is 9.97. The Morgan fingerprint density at radius 3 is 2.76 bits per heavy atom. The van der Waals surface area contributed by atoms with Crippen LogP contribution in [0.4, 0.5) is 0 Å². The van der Waals surface area contributed by atoms with Crippen molar-refractivity contribution in [2.75, 3.05) is 20.3 Å². The molecule has 1 aliphatic rings. The van der Waals surface area contributed by atoms with Crippen molar-refractivity contribution in [1.82, 2.24) is 5.32 Å². The largest absolute Gasteiger partial charge is 0.486 e. The first-order chi connectivity index (χ1) is 10.3. The first-order valence-electron chi connectivity index (χ1n) is 7.08. The van der Waals surface area contributed by atoms with Gasteiger partial charge in [-0.2, -0.15) is 0 Å². The molecule has 3 rings (SSSR count). The lowest BCUT2D eigenvalue weighted by Crippen LogP contribution is -2.23. The van der Waals surface area contributed by atoms with E-state index in [0.717, 1.165) is 28.0 Å². The Hall–Kier alpha value is -1.52. The Morgan fingerprint density at radius 1 is 1.14 bits per heavy atom. The molecule has 1 atom stereocenters. The number of ether oxygens (including phenoxy) is 2. The SMILES string of the molecule is CNC(Cc1cccc(Br)c1)c1cccc2c1OCCO2. The molecule has 1 N–H and O–H groups in total. The smallest absolute Gasteiger partial charge is 0.166 e. The highest BCUT2D eigenvalue weighted by Gasteiger charge is 2.21. The summed E-state index contributed by atoms with van der Waals surface area (Å²) in [6.45, 7) is 1.23. The quantitative estimate of drug-likeness (QED) is 0.914. The number of nitrogens with one attached hydrogen (secondary N) is 1. The summed E-state index contributed by atoms with van der Waals surface area (Å²) in [5.41, 5.74) is 2.42. The summed E-state index contributed by atoms with van der Waals surface area (Å²) >= 11 is 3.53. The Bertz CT molecular complexity index is 630. The molecule has 0 spiro atoms. The van der Waals surface area contributed by atoms with Crippen molar-refractivity contribution in [3.8, 4) is 11.5 Å². The number of para-hydroxylation sites is 1. The number of halogens is 1. The molecule has 0 radical (unpaired) electrons. The third kappa shape index (κ3) is 3.22. The molecule has 0 fully saturated rings. The van der Waals surface area contributed by atoms with Crippen LogP contribution in [-0.2, 0) is 6.42 Å². The monoisotopic (exact) mass is 347 g/mol. The van der Waals surface area contributed by atoms with E-state index in [9.17, 15) is 0 Å². The van der Waals surface area contributed by atoms with E-state index in [1.165, 1.54) is 5.56 Å². The summed E-state index contributed by atoms with van der Waals surface area (Å²) < 4.78 is 12.6. The van der Waals surface area contributed by atoms with Crippen LogP contribution in [-0.4, -0.2) is 20.3 Å². The average molecular weight is 348 g/mol. The van der Waals surface area contributed by atoms with Crippen LogP contribution in [0.2, 0.25) is 0 Å². The highest BCUT2D eigenvalue weighted by Crippen LogP contribution is 2.37. The van der Waals surface area contributed by atoms with Crippen molar-refractivity contribution in [3.05, 3.63) is 58.1 Å². The first kappa shape index (κ1) is 14.4. The van der Waals surface area contributed by atoms with Gasteiger partial charge in [-0.3, -0.25) is 0 Å². The summed E-state index contributed by atoms with van der Waals surface area (Å²) in [4.78, 5) is 0. The predicted octanol–water partition coefficient (Wildman–Crippen LogP) is 3.72. The Kier molecular flexibility index (Phi) is 4.46. The predicted molar refractivity (Wildman–Crippen MR) is 87.1 cm³/mol. The molecule has 0 aliphatic carbocycles. The van der Waals surface area contributed by atoms with E-state index in [4.69, 9.17) is 9.47 Å². The van der Waals surface area contributed by atoms with Gasteiger partial charge in [0.2, 0.25) is 0 Å². The van der Waals surface area contributed by atoms with Gasteiger partial charge >= 0.3 is 0 Å². The standard InChI is InChI=1S/C17H18BrNO2/c1-19-15(11-12-4-2-5-13(18)10-12)14-6-3-7-16-17(14)21-9-8-20-16/h2-7,10,15,19H,8-9,11H2,1H3. The lowest BCUT2D eigenvalue weighted by molar-refractivity contribution is 0.168. The molecule has 21 heavy (non-hydrogen) atoms. The van der Waals surface area contributed by atoms with Gasteiger partial charge in [0.25, 0.3) is 0 Å². The first-order valence-corrected chi connectivity index (χ1v) is 7.87. The zero-order valence-corrected chi connectivity index (χ0v) is 13.5. The maximum atomic E-state index is 5.82. The molecular weight excluding hydrogens is 330 g/mol. The van der Waals surface area contributed by atoms with Crippen LogP contribution in [0.1, 0.15) is 17.2 Å². The highest BCUT2D eigenvalue weighted by atomic mass is 79.9. The highest BCUT2D eigenvalue weighted by molar-refractivity contribution is 9.10. The maximum absolute atomic E-state index is 5.82. The van der Waals surface area contributed by atoms with Gasteiger partial charge in [-0.25, -0.2) is 0 Å².